The molecule has 5 nitrogen and oxygen atoms in total. The van der Waals surface area contributed by atoms with E-state index in [4.69, 9.17) is 4.74 Å². The molecule has 0 aliphatic heterocycles. The van der Waals surface area contributed by atoms with Gasteiger partial charge >= 0.3 is 12.2 Å². The van der Waals surface area contributed by atoms with Gasteiger partial charge in [-0.15, -0.1) is 0 Å². The highest BCUT2D eigenvalue weighted by Gasteiger charge is 2.27. The zero-order chi connectivity index (χ0) is 16.8. The van der Waals surface area contributed by atoms with Crippen molar-refractivity contribution in [1.29, 1.82) is 0 Å². The lowest BCUT2D eigenvalue weighted by Crippen LogP contribution is -2.39. The number of carbonyl (C=O) groups is 1. The molecule has 0 aliphatic rings. The Morgan fingerprint density at radius 2 is 2.05 bits per heavy atom. The van der Waals surface area contributed by atoms with Gasteiger partial charge < -0.3 is 20.1 Å². The van der Waals surface area contributed by atoms with Gasteiger partial charge in [-0.1, -0.05) is 0 Å². The van der Waals surface area contributed by atoms with Crippen LogP contribution >= 0.6 is 0 Å². The van der Waals surface area contributed by atoms with E-state index in [0.29, 0.717) is 11.4 Å². The SMILES string of the molecule is COc1ccc(NC(=O)N[C@@H](C)COCC(F)(F)F)cc1C. The second-order valence-corrected chi connectivity index (χ2v) is 4.81. The van der Waals surface area contributed by atoms with Crippen LogP contribution in [0.25, 0.3) is 0 Å². The van der Waals surface area contributed by atoms with Crippen LogP contribution in [0.2, 0.25) is 0 Å². The second-order valence-electron chi connectivity index (χ2n) is 4.81. The smallest absolute Gasteiger partial charge is 0.411 e. The predicted octanol–water partition coefficient (Wildman–Crippen LogP) is 3.09. The Balaban J connectivity index is 2.41. The second kappa shape index (κ2) is 7.88. The summed E-state index contributed by atoms with van der Waals surface area (Å²) in [5, 5.41) is 5.08. The first-order chi connectivity index (χ1) is 10.2. The molecule has 2 amide bonds. The Bertz CT molecular complexity index is 507. The largest absolute Gasteiger partial charge is 0.496 e. The van der Waals surface area contributed by atoms with E-state index in [0.717, 1.165) is 5.56 Å². The third-order valence-electron chi connectivity index (χ3n) is 2.66. The van der Waals surface area contributed by atoms with Crippen LogP contribution in [0.5, 0.6) is 5.75 Å². The van der Waals surface area contributed by atoms with Crippen LogP contribution in [0.4, 0.5) is 23.7 Å². The Kier molecular flexibility index (Phi) is 6.48. The molecule has 0 aromatic heterocycles. The van der Waals surface area contributed by atoms with Crippen LogP contribution < -0.4 is 15.4 Å². The topological polar surface area (TPSA) is 59.6 Å². The molecule has 0 saturated carbocycles. The molecule has 0 spiro atoms. The number of rotatable bonds is 6. The molecule has 1 aromatic rings. The molecular formula is C14H19F3N2O3. The van der Waals surface area contributed by atoms with Gasteiger partial charge in [-0.05, 0) is 37.6 Å². The number of amides is 2. The summed E-state index contributed by atoms with van der Waals surface area (Å²) in [6, 6.07) is 4.02. The highest BCUT2D eigenvalue weighted by atomic mass is 19.4. The number of anilines is 1. The number of carbonyl (C=O) groups excluding carboxylic acids is 1. The maximum atomic E-state index is 11.9. The number of methoxy groups -OCH3 is 1. The molecular weight excluding hydrogens is 301 g/mol. The van der Waals surface area contributed by atoms with Crippen molar-refractivity contribution in [3.63, 3.8) is 0 Å². The summed E-state index contributed by atoms with van der Waals surface area (Å²) in [6.45, 7) is 1.82. The van der Waals surface area contributed by atoms with Crippen LogP contribution in [0.15, 0.2) is 18.2 Å². The van der Waals surface area contributed by atoms with Crippen molar-refractivity contribution >= 4 is 11.7 Å². The van der Waals surface area contributed by atoms with E-state index in [1.165, 1.54) is 0 Å². The number of ether oxygens (including phenoxy) is 2. The zero-order valence-electron chi connectivity index (χ0n) is 12.6. The monoisotopic (exact) mass is 320 g/mol. The average molecular weight is 320 g/mol. The number of halogens is 3. The standard InChI is InChI=1S/C14H19F3N2O3/c1-9-6-11(4-5-12(9)21-3)19-13(20)18-10(2)7-22-8-14(15,16)17/h4-6,10H,7-8H2,1-3H3,(H2,18,19,20)/t10-/m0/s1. The lowest BCUT2D eigenvalue weighted by atomic mass is 10.2. The molecule has 0 heterocycles. The molecule has 8 heteroatoms. The predicted molar refractivity (Wildman–Crippen MR) is 76.2 cm³/mol. The van der Waals surface area contributed by atoms with Crippen molar-refractivity contribution in [3.8, 4) is 5.75 Å². The number of hydrogen-bond donors (Lipinski definition) is 2. The number of alkyl halides is 3. The third kappa shape index (κ3) is 6.66. The van der Waals surface area contributed by atoms with Crippen molar-refractivity contribution in [3.05, 3.63) is 23.8 Å². The summed E-state index contributed by atoms with van der Waals surface area (Å²) in [5.74, 6) is 0.694. The van der Waals surface area contributed by atoms with Crippen LogP contribution in [-0.2, 0) is 4.74 Å². The van der Waals surface area contributed by atoms with Crippen LogP contribution in [0.1, 0.15) is 12.5 Å². The van der Waals surface area contributed by atoms with Crippen molar-refractivity contribution in [2.24, 2.45) is 0 Å². The van der Waals surface area contributed by atoms with Gasteiger partial charge in [0, 0.05) is 5.69 Å². The highest BCUT2D eigenvalue weighted by Crippen LogP contribution is 2.21. The van der Waals surface area contributed by atoms with E-state index in [1.54, 1.807) is 32.2 Å². The quantitative estimate of drug-likeness (QED) is 0.847. The first kappa shape index (κ1) is 18.1. The normalized spacial score (nSPS) is 12.6. The Morgan fingerprint density at radius 3 is 2.59 bits per heavy atom. The van der Waals surface area contributed by atoms with Gasteiger partial charge in [0.15, 0.2) is 0 Å². The van der Waals surface area contributed by atoms with E-state index < -0.39 is 24.9 Å². The van der Waals surface area contributed by atoms with Crippen LogP contribution in [0.3, 0.4) is 0 Å². The van der Waals surface area contributed by atoms with Crippen molar-refractivity contribution in [1.82, 2.24) is 5.32 Å². The Morgan fingerprint density at radius 1 is 1.36 bits per heavy atom. The molecule has 0 bridgehead atoms. The summed E-state index contributed by atoms with van der Waals surface area (Å²) in [7, 11) is 1.55. The van der Waals surface area contributed by atoms with E-state index in [2.05, 4.69) is 15.4 Å². The van der Waals surface area contributed by atoms with Crippen LogP contribution in [-0.4, -0.2) is 38.6 Å². The summed E-state index contributed by atoms with van der Waals surface area (Å²) in [4.78, 5) is 11.7. The number of hydrogen-bond acceptors (Lipinski definition) is 3. The van der Waals surface area contributed by atoms with E-state index >= 15 is 0 Å². The van der Waals surface area contributed by atoms with Gasteiger partial charge in [-0.3, -0.25) is 0 Å². The van der Waals surface area contributed by atoms with E-state index in [-0.39, 0.29) is 6.61 Å². The van der Waals surface area contributed by atoms with E-state index in [1.807, 2.05) is 6.92 Å². The van der Waals surface area contributed by atoms with Gasteiger partial charge in [0.05, 0.1) is 19.8 Å². The molecule has 2 N–H and O–H groups in total. The fourth-order valence-corrected chi connectivity index (χ4v) is 1.74. The minimum atomic E-state index is -4.37. The molecule has 0 fully saturated rings. The van der Waals surface area contributed by atoms with Crippen LogP contribution in [0, 0.1) is 6.92 Å². The lowest BCUT2D eigenvalue weighted by Gasteiger charge is -2.16. The van der Waals surface area contributed by atoms with Gasteiger partial charge in [0.1, 0.15) is 12.4 Å². The fraction of sp³-hybridized carbons (Fsp3) is 0.500. The van der Waals surface area contributed by atoms with Crippen molar-refractivity contribution in [2.75, 3.05) is 25.6 Å². The minimum Gasteiger partial charge on any atom is -0.496 e. The molecule has 1 atom stereocenters. The van der Waals surface area contributed by atoms with Crippen molar-refractivity contribution < 1.29 is 27.4 Å². The Labute approximate surface area is 126 Å². The summed E-state index contributed by atoms with van der Waals surface area (Å²) in [5.41, 5.74) is 1.40. The Hall–Kier alpha value is -1.96. The number of urea groups is 1. The first-order valence-electron chi connectivity index (χ1n) is 6.58. The minimum absolute atomic E-state index is 0.228. The maximum Gasteiger partial charge on any atom is 0.411 e. The summed E-state index contributed by atoms with van der Waals surface area (Å²) in [6.07, 6.45) is -4.37. The summed E-state index contributed by atoms with van der Waals surface area (Å²) >= 11 is 0. The molecule has 0 aliphatic carbocycles. The van der Waals surface area contributed by atoms with Gasteiger partial charge in [0.25, 0.3) is 0 Å². The molecule has 124 valence electrons. The van der Waals surface area contributed by atoms with Gasteiger partial charge in [-0.2, -0.15) is 13.2 Å². The number of nitrogens with one attached hydrogen (secondary N) is 2. The lowest BCUT2D eigenvalue weighted by molar-refractivity contribution is -0.174. The summed E-state index contributed by atoms with van der Waals surface area (Å²) < 4.78 is 45.3. The number of benzene rings is 1. The van der Waals surface area contributed by atoms with Gasteiger partial charge in [0.2, 0.25) is 0 Å². The third-order valence-corrected chi connectivity index (χ3v) is 2.66. The molecule has 0 unspecified atom stereocenters. The molecule has 1 aromatic carbocycles. The molecule has 1 rings (SSSR count). The molecule has 22 heavy (non-hydrogen) atoms. The zero-order valence-corrected chi connectivity index (χ0v) is 12.6. The fourth-order valence-electron chi connectivity index (χ4n) is 1.74. The van der Waals surface area contributed by atoms with Crippen molar-refractivity contribution in [2.45, 2.75) is 26.1 Å². The number of aryl methyl sites for hydroxylation is 1. The molecule has 0 radical (unpaired) electrons. The highest BCUT2D eigenvalue weighted by molar-refractivity contribution is 5.89. The average Bonchev–Trinajstić information content (AvgIpc) is 2.37. The maximum absolute atomic E-state index is 11.9. The first-order valence-corrected chi connectivity index (χ1v) is 6.58. The molecule has 0 saturated heterocycles. The van der Waals surface area contributed by atoms with E-state index in [9.17, 15) is 18.0 Å². The van der Waals surface area contributed by atoms with Gasteiger partial charge in [-0.25, -0.2) is 4.79 Å².